The summed E-state index contributed by atoms with van der Waals surface area (Å²) in [4.78, 5) is 87.8. The van der Waals surface area contributed by atoms with Crippen LogP contribution in [-0.2, 0) is 4.79 Å². The number of nitro groups is 7. The molecular formula is C77H76Br2N16O15. The minimum Gasteiger partial charge on any atom is -0.399 e. The minimum absolute atomic E-state index is 0.0152. The average molecular weight is 1630 g/mol. The number of aromatic amines is 2. The highest BCUT2D eigenvalue weighted by atomic mass is 79.9. The maximum Gasteiger partial charge on any atom is 0.270 e. The number of nitrogen functional groups attached to an aromatic ring is 6. The first-order valence-electron chi connectivity index (χ1n) is 34.0. The Kier molecular flexibility index (Phi) is 30.7. The lowest BCUT2D eigenvalue weighted by Gasteiger charge is -2.06. The van der Waals surface area contributed by atoms with Crippen LogP contribution in [0, 0.1) is 125 Å². The molecule has 10 aromatic rings. The van der Waals surface area contributed by atoms with Gasteiger partial charge in [-0.3, -0.25) is 75.6 Å². The zero-order valence-electron chi connectivity index (χ0n) is 59.1. The lowest BCUT2D eigenvalue weighted by molar-refractivity contribution is -0.385. The fraction of sp³-hybridized carbons (Fsp3) is 0.234. The highest BCUT2D eigenvalue weighted by molar-refractivity contribution is 9.11. The summed E-state index contributed by atoms with van der Waals surface area (Å²) in [5.74, 6) is 17.4. The molecule has 0 atom stereocenters. The first-order chi connectivity index (χ1) is 52.4. The molecule has 0 radical (unpaired) electrons. The van der Waals surface area contributed by atoms with Crippen LogP contribution in [0.4, 0.5) is 79.6 Å². The van der Waals surface area contributed by atoms with E-state index < -0.39 is 29.5 Å². The second-order valence-electron chi connectivity index (χ2n) is 25.3. The Hall–Kier alpha value is -13.5. The number of nitrogens with zero attached hydrogens (tertiary/aromatic N) is 7. The summed E-state index contributed by atoms with van der Waals surface area (Å²) in [5.41, 5.74) is 43.0. The Balaban J connectivity index is 0.000000175. The lowest BCUT2D eigenvalue weighted by Crippen LogP contribution is -2.11. The van der Waals surface area contributed by atoms with E-state index >= 15 is 0 Å². The zero-order valence-corrected chi connectivity index (χ0v) is 62.3. The predicted octanol–water partition coefficient (Wildman–Crippen LogP) is 17.9. The fourth-order valence-corrected chi connectivity index (χ4v) is 9.97. The standard InChI is InChI=1S/C15H16N2O3.2C11H10N2O2.C11H12N2.2C6H5BrN2O2.2C6H6N2O2.C5H6/c1-2-3-15(18)16-14-9-8-13(17(19)20)10-12(14)7-6-11-4-5-11;14-13(15)9-3-4-10-8(5-9)6-11(12-10)7-1-2-7;12-11-6-5-10(13(14)15)7-9(11)4-3-8-1-2-8;12-9-3-4-10-8(5-9)6-11(13-10)7-1-2-7;2*7-5-3-4(9(10)11)1-2-6(5)8;2*7-5-1-3-6(4-2-5)8(9)10;1-2-5-3-4-5/h8-11H,2-5H2,1H3,(H,16,18);3-7,12H,1-2H2;5-8H,1-2,12H2;3-7,13H,1-2,12H2;2*1-3H,8H2;2*1-4H,7H2;1,5H,3-4H2. The normalized spacial score (nSPS) is 13.0. The molecule has 0 spiro atoms. The summed E-state index contributed by atoms with van der Waals surface area (Å²) in [6.07, 6.45) is 18.3. The molecule has 2 heterocycles. The van der Waals surface area contributed by atoms with Crippen molar-refractivity contribution in [2.45, 2.75) is 95.8 Å². The van der Waals surface area contributed by atoms with Crippen molar-refractivity contribution in [2.75, 3.05) is 39.7 Å². The molecule has 1 amide bonds. The Morgan fingerprint density at radius 2 is 0.755 bits per heavy atom. The van der Waals surface area contributed by atoms with E-state index in [2.05, 4.69) is 88.9 Å². The van der Waals surface area contributed by atoms with Crippen LogP contribution in [0.15, 0.2) is 179 Å². The molecule has 0 bridgehead atoms. The molecule has 5 aliphatic rings. The number of nitrogens with one attached hydrogen (secondary N) is 3. The number of halogens is 2. The van der Waals surface area contributed by atoms with Gasteiger partial charge in [-0.2, -0.15) is 0 Å². The van der Waals surface area contributed by atoms with Crippen LogP contribution in [0.2, 0.25) is 0 Å². The number of carbonyl (C=O) groups excluding carboxylic acids is 1. The summed E-state index contributed by atoms with van der Waals surface area (Å²) in [7, 11) is 0. The Morgan fingerprint density at radius 3 is 1.13 bits per heavy atom. The van der Waals surface area contributed by atoms with Gasteiger partial charge in [0, 0.05) is 185 Å². The molecule has 0 aliphatic heterocycles. The van der Waals surface area contributed by atoms with Gasteiger partial charge in [-0.05, 0) is 199 Å². The van der Waals surface area contributed by atoms with Gasteiger partial charge >= 0.3 is 0 Å². The molecule has 2 aromatic heterocycles. The molecule has 0 unspecified atom stereocenters. The molecular weight excluding hydrogens is 1550 g/mol. The molecule has 0 saturated heterocycles. The smallest absolute Gasteiger partial charge is 0.270 e. The van der Waals surface area contributed by atoms with Crippen LogP contribution >= 0.6 is 31.9 Å². The van der Waals surface area contributed by atoms with Gasteiger partial charge < -0.3 is 49.7 Å². The second kappa shape index (κ2) is 40.3. The number of amides is 1. The third-order valence-electron chi connectivity index (χ3n) is 16.1. The number of H-pyrrole nitrogens is 2. The van der Waals surface area contributed by atoms with E-state index in [0.717, 1.165) is 54.6 Å². The van der Waals surface area contributed by atoms with Crippen molar-refractivity contribution in [3.8, 4) is 36.0 Å². The molecule has 5 saturated carbocycles. The SMILES string of the molecule is C#CC1CC1.CCCC(=O)Nc1ccc([N+](=O)[O-])cc1C#CC1CC1.Nc1ccc([N+](=O)[O-])cc1.Nc1ccc([N+](=O)[O-])cc1.Nc1ccc([N+](=O)[O-])cc1Br.Nc1ccc([N+](=O)[O-])cc1Br.Nc1ccc([N+](=O)[O-])cc1C#CC1CC1.Nc1ccc2[nH]c(C3CC3)cc2c1.O=[N+]([O-])c1ccc2[nH]c(C3CC3)cc2c1. The molecule has 5 fully saturated rings. The van der Waals surface area contributed by atoms with Crippen LogP contribution in [0.1, 0.15) is 118 Å². The number of hydrogen-bond donors (Lipinski definition) is 9. The van der Waals surface area contributed by atoms with E-state index in [1.165, 1.54) is 182 Å². The molecule has 5 aliphatic carbocycles. The van der Waals surface area contributed by atoms with Crippen LogP contribution in [0.3, 0.4) is 0 Å². The number of rotatable bonds is 12. The van der Waals surface area contributed by atoms with Gasteiger partial charge in [0.25, 0.3) is 39.8 Å². The van der Waals surface area contributed by atoms with Crippen LogP contribution in [-0.4, -0.2) is 50.3 Å². The van der Waals surface area contributed by atoms with Crippen molar-refractivity contribution < 1.29 is 39.3 Å². The van der Waals surface area contributed by atoms with Crippen molar-refractivity contribution in [3.63, 3.8) is 0 Å². The van der Waals surface area contributed by atoms with Crippen molar-refractivity contribution in [2.24, 2.45) is 17.8 Å². The number of fused-ring (bicyclic) bond motifs is 2. The number of terminal acetylenes is 1. The van der Waals surface area contributed by atoms with Gasteiger partial charge in [-0.25, -0.2) is 0 Å². The zero-order chi connectivity index (χ0) is 80.3. The number of anilines is 7. The van der Waals surface area contributed by atoms with Gasteiger partial charge in [-0.15, -0.1) is 12.3 Å². The quantitative estimate of drug-likeness (QED) is 0.0237. The van der Waals surface area contributed by atoms with Crippen LogP contribution < -0.4 is 39.7 Å². The van der Waals surface area contributed by atoms with E-state index in [0.29, 0.717) is 84.3 Å². The summed E-state index contributed by atoms with van der Waals surface area (Å²) in [6, 6.07) is 43.8. The van der Waals surface area contributed by atoms with Gasteiger partial charge in [0.1, 0.15) is 0 Å². The topological polar surface area (TPSA) is 519 Å². The number of non-ortho nitro benzene ring substituents is 7. The van der Waals surface area contributed by atoms with Crippen molar-refractivity contribution in [1.29, 1.82) is 0 Å². The molecule has 15 rings (SSSR count). The largest absolute Gasteiger partial charge is 0.399 e. The predicted molar refractivity (Wildman–Crippen MR) is 432 cm³/mol. The molecule has 568 valence electrons. The first kappa shape index (κ1) is 83.8. The highest BCUT2D eigenvalue weighted by Gasteiger charge is 2.27. The van der Waals surface area contributed by atoms with E-state index in [9.17, 15) is 75.6 Å². The third kappa shape index (κ3) is 28.4. The fourth-order valence-electron chi connectivity index (χ4n) is 9.24. The van der Waals surface area contributed by atoms with Gasteiger partial charge in [0.15, 0.2) is 0 Å². The summed E-state index contributed by atoms with van der Waals surface area (Å²) < 4.78 is 1.10. The molecule has 8 aromatic carbocycles. The number of hydrogen-bond acceptors (Lipinski definition) is 21. The maximum atomic E-state index is 11.6. The van der Waals surface area contributed by atoms with Crippen LogP contribution in [0.5, 0.6) is 0 Å². The van der Waals surface area contributed by atoms with E-state index in [-0.39, 0.29) is 50.6 Å². The van der Waals surface area contributed by atoms with E-state index in [1.807, 2.05) is 25.1 Å². The van der Waals surface area contributed by atoms with Crippen molar-refractivity contribution in [3.05, 3.63) is 272 Å². The van der Waals surface area contributed by atoms with E-state index in [1.54, 1.807) is 18.2 Å². The monoisotopic (exact) mass is 1620 g/mol. The van der Waals surface area contributed by atoms with Gasteiger partial charge in [0.05, 0.1) is 51.3 Å². The second-order valence-corrected chi connectivity index (χ2v) is 27.0. The maximum absolute atomic E-state index is 11.6. The third-order valence-corrected chi connectivity index (χ3v) is 17.5. The Morgan fingerprint density at radius 1 is 0.418 bits per heavy atom. The van der Waals surface area contributed by atoms with Crippen molar-refractivity contribution in [1.82, 2.24) is 9.97 Å². The van der Waals surface area contributed by atoms with Crippen LogP contribution in [0.25, 0.3) is 21.8 Å². The number of aromatic nitrogens is 2. The molecule has 110 heavy (non-hydrogen) atoms. The van der Waals surface area contributed by atoms with Gasteiger partial charge in [0.2, 0.25) is 5.91 Å². The summed E-state index contributed by atoms with van der Waals surface area (Å²) in [5, 5.41) is 77.4. The van der Waals surface area contributed by atoms with E-state index in [4.69, 9.17) is 40.8 Å². The summed E-state index contributed by atoms with van der Waals surface area (Å²) in [6.45, 7) is 1.92. The average Bonchev–Trinajstić information content (AvgIpc) is 1.65. The van der Waals surface area contributed by atoms with Crippen molar-refractivity contribution >= 4 is 139 Å². The molecule has 31 nitrogen and oxygen atoms in total. The summed E-state index contributed by atoms with van der Waals surface area (Å²) >= 11 is 6.17. The number of nitrogens with two attached hydrogens (primary N) is 6. The molecule has 15 N–H and O–H groups in total. The van der Waals surface area contributed by atoms with Gasteiger partial charge in [-0.1, -0.05) is 30.6 Å². The lowest BCUT2D eigenvalue weighted by atomic mass is 10.1. The highest BCUT2D eigenvalue weighted by Crippen LogP contribution is 2.42. The minimum atomic E-state index is -0.468. The molecule has 33 heteroatoms. The Bertz CT molecular complexity index is 5060. The Labute approximate surface area is 646 Å². The first-order valence-corrected chi connectivity index (χ1v) is 35.6. The number of nitro benzene ring substituents is 7. The number of benzene rings is 8. The number of carbonyl (C=O) groups is 1.